The zero-order valence-corrected chi connectivity index (χ0v) is 22.8. The fraction of sp³-hybridized carbons (Fsp3) is 0.538. The normalized spacial score (nSPS) is 15.4. The molecule has 11 heteroatoms. The highest BCUT2D eigenvalue weighted by molar-refractivity contribution is 7.32. The van der Waals surface area contributed by atoms with Crippen LogP contribution in [-0.2, 0) is 22.2 Å². The largest absolute Gasteiger partial charge is 0.694 e. The summed E-state index contributed by atoms with van der Waals surface area (Å²) in [5.41, 5.74) is 11.7. The number of rotatable bonds is 13. The number of anilines is 2. The second-order valence-electron chi connectivity index (χ2n) is 9.69. The van der Waals surface area contributed by atoms with E-state index in [9.17, 15) is 4.57 Å². The van der Waals surface area contributed by atoms with Crippen molar-refractivity contribution >= 4 is 31.1 Å². The van der Waals surface area contributed by atoms with Crippen molar-refractivity contribution in [3.63, 3.8) is 0 Å². The third-order valence-electron chi connectivity index (χ3n) is 6.93. The zero-order chi connectivity index (χ0) is 26.2. The number of hydrogen-bond acceptors (Lipinski definition) is 8. The number of nitrogens with one attached hydrogen (secondary N) is 1. The minimum atomic E-state index is -2.51. The number of nitrogen functional groups attached to an aromatic ring is 1. The first-order valence-corrected chi connectivity index (χ1v) is 14.2. The first kappa shape index (κ1) is 27.4. The number of aryl methyl sites for hydroxylation is 1. The lowest BCUT2D eigenvalue weighted by Gasteiger charge is -2.34. The van der Waals surface area contributed by atoms with E-state index in [1.165, 1.54) is 29.5 Å². The van der Waals surface area contributed by atoms with Crippen molar-refractivity contribution < 1.29 is 14.0 Å². The Kier molecular flexibility index (Phi) is 9.82. The van der Waals surface area contributed by atoms with Gasteiger partial charge in [-0.2, -0.15) is 4.98 Å². The predicted molar refractivity (Wildman–Crippen MR) is 148 cm³/mol. The Labute approximate surface area is 219 Å². The van der Waals surface area contributed by atoms with E-state index in [1.807, 2.05) is 6.07 Å². The zero-order valence-electron chi connectivity index (χ0n) is 21.9. The monoisotopic (exact) mass is 528 g/mol. The molecular weight excluding hydrogens is 489 g/mol. The summed E-state index contributed by atoms with van der Waals surface area (Å²) in [6.45, 7) is 11.7. The average molecular weight is 529 g/mol. The first-order valence-electron chi connectivity index (χ1n) is 13.1. The fourth-order valence-corrected chi connectivity index (χ4v) is 5.09. The maximum atomic E-state index is 10.7. The molecule has 3 heterocycles. The molecule has 1 aromatic carbocycles. The van der Waals surface area contributed by atoms with Crippen molar-refractivity contribution in [1.29, 1.82) is 0 Å². The molecule has 1 atom stereocenters. The first-order chi connectivity index (χ1) is 17.9. The van der Waals surface area contributed by atoms with Gasteiger partial charge in [-0.15, -0.1) is 9.42 Å². The summed E-state index contributed by atoms with van der Waals surface area (Å²) in [6.07, 6.45) is 5.52. The van der Waals surface area contributed by atoms with E-state index >= 15 is 0 Å². The lowest BCUT2D eigenvalue weighted by molar-refractivity contribution is 0.111. The average Bonchev–Trinajstić information content (AvgIpc) is 3.26. The van der Waals surface area contributed by atoms with Gasteiger partial charge < -0.3 is 15.6 Å². The van der Waals surface area contributed by atoms with E-state index in [2.05, 4.69) is 67.9 Å². The molecule has 0 amide bonds. The Morgan fingerprint density at radius 1 is 1.11 bits per heavy atom. The van der Waals surface area contributed by atoms with E-state index in [0.29, 0.717) is 19.1 Å². The maximum absolute atomic E-state index is 10.7. The lowest BCUT2D eigenvalue weighted by Crippen LogP contribution is -2.46. The molecule has 2 aromatic heterocycles. The Morgan fingerprint density at radius 3 is 2.62 bits per heavy atom. The molecule has 0 aliphatic carbocycles. The summed E-state index contributed by atoms with van der Waals surface area (Å²) < 4.78 is 17.6. The molecular formula is C26H39N7O3P+. The molecule has 1 unspecified atom stereocenters. The van der Waals surface area contributed by atoms with Crippen LogP contribution >= 0.6 is 8.25 Å². The molecule has 37 heavy (non-hydrogen) atoms. The minimum Gasteiger partial charge on any atom is -0.368 e. The van der Waals surface area contributed by atoms with E-state index in [4.69, 9.17) is 15.2 Å². The highest BCUT2D eigenvalue weighted by atomic mass is 31.1. The van der Waals surface area contributed by atoms with Crippen LogP contribution in [0, 0.1) is 6.92 Å². The second kappa shape index (κ2) is 13.3. The van der Waals surface area contributed by atoms with Gasteiger partial charge in [0.05, 0.1) is 5.52 Å². The molecule has 1 aliphatic rings. The molecule has 0 radical (unpaired) electrons. The number of nitrogens with two attached hydrogens (primary N) is 1. The number of piperazine rings is 1. The van der Waals surface area contributed by atoms with Crippen LogP contribution in [0.5, 0.6) is 0 Å². The van der Waals surface area contributed by atoms with Crippen LogP contribution in [0.3, 0.4) is 0 Å². The molecule has 1 saturated heterocycles. The van der Waals surface area contributed by atoms with Crippen LogP contribution in [0.1, 0.15) is 42.9 Å². The Balaban J connectivity index is 1.37. The summed E-state index contributed by atoms with van der Waals surface area (Å²) in [7, 11) is -2.51. The van der Waals surface area contributed by atoms with E-state index in [1.54, 1.807) is 0 Å². The standard InChI is InChI=1S/C26H38N7O3P/c1-3-4-5-9-28-25-24-23(29-26(27)30-25)8-10-33(24)19-22-7-6-21(17-20(22)2)18-32-13-11-31(12-14-32)15-16-36-37(34)35/h6-8,10,17H,3-5,9,11-16,18-19H2,1-2H3,(H3-,27,28,29,30,34,35)/p+1. The van der Waals surface area contributed by atoms with Gasteiger partial charge in [0.25, 0.3) is 0 Å². The third kappa shape index (κ3) is 7.69. The SMILES string of the molecule is CCCCCNc1nc(N)nc2ccn(Cc3ccc(CN4CCN(CCO[P+](=O)O)CC4)cc3C)c12. The van der Waals surface area contributed by atoms with Gasteiger partial charge in [0.1, 0.15) is 12.1 Å². The van der Waals surface area contributed by atoms with Gasteiger partial charge >= 0.3 is 8.25 Å². The molecule has 10 nitrogen and oxygen atoms in total. The molecule has 0 saturated carbocycles. The van der Waals surface area contributed by atoms with Gasteiger partial charge in [0.2, 0.25) is 5.95 Å². The number of unbranched alkanes of at least 4 members (excludes halogenated alkanes) is 2. The quantitative estimate of drug-likeness (QED) is 0.225. The molecule has 4 rings (SSSR count). The smallest absolute Gasteiger partial charge is 0.368 e. The lowest BCUT2D eigenvalue weighted by atomic mass is 10.0. The summed E-state index contributed by atoms with van der Waals surface area (Å²) in [5, 5.41) is 3.47. The van der Waals surface area contributed by atoms with Crippen LogP contribution < -0.4 is 11.1 Å². The van der Waals surface area contributed by atoms with Crippen LogP contribution in [0.2, 0.25) is 0 Å². The Hall–Kier alpha value is -2.62. The summed E-state index contributed by atoms with van der Waals surface area (Å²) in [4.78, 5) is 22.4. The number of nitrogens with zero attached hydrogens (tertiary/aromatic N) is 5. The van der Waals surface area contributed by atoms with Crippen molar-refractivity contribution in [2.24, 2.45) is 0 Å². The highest BCUT2D eigenvalue weighted by Gasteiger charge is 2.19. The molecule has 0 spiro atoms. The summed E-state index contributed by atoms with van der Waals surface area (Å²) in [5.74, 6) is 1.09. The van der Waals surface area contributed by atoms with Gasteiger partial charge in [-0.25, -0.2) is 4.98 Å². The third-order valence-corrected chi connectivity index (χ3v) is 7.33. The van der Waals surface area contributed by atoms with Gasteiger partial charge in [0, 0.05) is 63.1 Å². The molecule has 1 aliphatic heterocycles. The fourth-order valence-electron chi connectivity index (χ4n) is 4.86. The molecule has 0 bridgehead atoms. The molecule has 3 aromatic rings. The Bertz CT molecular complexity index is 1190. The predicted octanol–water partition coefficient (Wildman–Crippen LogP) is 3.76. The Morgan fingerprint density at radius 2 is 1.89 bits per heavy atom. The van der Waals surface area contributed by atoms with Crippen LogP contribution in [0.25, 0.3) is 11.0 Å². The summed E-state index contributed by atoms with van der Waals surface area (Å²) in [6, 6.07) is 8.75. The number of aromatic nitrogens is 3. The number of benzene rings is 1. The van der Waals surface area contributed by atoms with Crippen molar-refractivity contribution in [1.82, 2.24) is 24.3 Å². The van der Waals surface area contributed by atoms with Crippen LogP contribution in [-0.4, -0.2) is 75.1 Å². The molecule has 200 valence electrons. The van der Waals surface area contributed by atoms with Crippen molar-refractivity contribution in [3.8, 4) is 0 Å². The van der Waals surface area contributed by atoms with Crippen LogP contribution in [0.15, 0.2) is 30.5 Å². The van der Waals surface area contributed by atoms with Gasteiger partial charge in [-0.05, 0) is 36.1 Å². The van der Waals surface area contributed by atoms with Gasteiger partial charge in [0.15, 0.2) is 5.82 Å². The van der Waals surface area contributed by atoms with Crippen LogP contribution in [0.4, 0.5) is 11.8 Å². The molecule has 1 fully saturated rings. The van der Waals surface area contributed by atoms with Gasteiger partial charge in [-0.1, -0.05) is 38.0 Å². The van der Waals surface area contributed by atoms with Gasteiger partial charge in [-0.3, -0.25) is 9.80 Å². The highest BCUT2D eigenvalue weighted by Crippen LogP contribution is 2.25. The molecule has 4 N–H and O–H groups in total. The van der Waals surface area contributed by atoms with Crippen molar-refractivity contribution in [2.45, 2.75) is 46.2 Å². The van der Waals surface area contributed by atoms with E-state index in [0.717, 1.165) is 69.1 Å². The number of hydrogen-bond donors (Lipinski definition) is 3. The minimum absolute atomic E-state index is 0.291. The van der Waals surface area contributed by atoms with Crippen molar-refractivity contribution in [3.05, 3.63) is 47.2 Å². The number of fused-ring (bicyclic) bond motifs is 1. The maximum Gasteiger partial charge on any atom is 0.694 e. The topological polar surface area (TPSA) is 122 Å². The summed E-state index contributed by atoms with van der Waals surface area (Å²) >= 11 is 0. The van der Waals surface area contributed by atoms with Crippen molar-refractivity contribution in [2.75, 3.05) is 56.9 Å². The second-order valence-corrected chi connectivity index (χ2v) is 10.4. The van der Waals surface area contributed by atoms with E-state index in [-0.39, 0.29) is 0 Å². The van der Waals surface area contributed by atoms with E-state index < -0.39 is 8.25 Å².